The van der Waals surface area contributed by atoms with Gasteiger partial charge in [-0.25, -0.2) is 0 Å². The van der Waals surface area contributed by atoms with Crippen molar-refractivity contribution in [2.45, 2.75) is 361 Å². The quantitative estimate of drug-likeness (QED) is 0.0261. The Kier molecular flexibility index (Phi) is 63.2. The van der Waals surface area contributed by atoms with E-state index in [1.54, 1.807) is 0 Å². The molecule has 1 unspecified atom stereocenters. The number of hydrogen-bond donors (Lipinski definition) is 0. The zero-order chi connectivity index (χ0) is 55.7. The smallest absolute Gasteiger partial charge is 0.306 e. The fourth-order valence-electron chi connectivity index (χ4n) is 9.97. The summed E-state index contributed by atoms with van der Waals surface area (Å²) in [5.74, 6) is -0.861. The maximum atomic E-state index is 12.9. The van der Waals surface area contributed by atoms with Crippen molar-refractivity contribution < 1.29 is 28.6 Å². The molecule has 0 aromatic rings. The Bertz CT molecular complexity index is 1380. The van der Waals surface area contributed by atoms with E-state index < -0.39 is 6.10 Å². The molecule has 0 aliphatic rings. The van der Waals surface area contributed by atoms with Crippen LogP contribution in [0, 0.1) is 0 Å². The molecule has 0 N–H and O–H groups in total. The summed E-state index contributed by atoms with van der Waals surface area (Å²) < 4.78 is 16.9. The van der Waals surface area contributed by atoms with E-state index in [1.807, 2.05) is 0 Å². The lowest BCUT2D eigenvalue weighted by molar-refractivity contribution is -0.167. The first-order valence-electron chi connectivity index (χ1n) is 33.8. The average molecular weight is 1080 g/mol. The summed E-state index contributed by atoms with van der Waals surface area (Å²) in [5.41, 5.74) is 0. The highest BCUT2D eigenvalue weighted by atomic mass is 16.6. The van der Waals surface area contributed by atoms with Crippen molar-refractivity contribution in [1.82, 2.24) is 0 Å². The van der Waals surface area contributed by atoms with Gasteiger partial charge in [-0.2, -0.15) is 0 Å². The fraction of sp³-hybridized carbons (Fsp3) is 0.817. The average Bonchev–Trinajstić information content (AvgIpc) is 3.43. The first-order valence-corrected chi connectivity index (χ1v) is 33.8. The molecular formula is C71H128O6. The van der Waals surface area contributed by atoms with Gasteiger partial charge in [0.25, 0.3) is 0 Å². The fourth-order valence-corrected chi connectivity index (χ4v) is 9.97. The SMILES string of the molecule is CC/C=C\C/C=C\C/C=C\C/C=C\CCCCCCCCCCCCCCCCCCC(=O)OCC(COC(=O)CCCCCCC/C=C\CCC)OC(=O)CCCCCCCCCCCCCCCCCCCCCC. The number of carbonyl (C=O) groups is 3. The number of hydrogen-bond acceptors (Lipinski definition) is 6. The van der Waals surface area contributed by atoms with Gasteiger partial charge in [-0.3, -0.25) is 14.4 Å². The normalized spacial score (nSPS) is 12.4. The van der Waals surface area contributed by atoms with Crippen molar-refractivity contribution in [1.29, 1.82) is 0 Å². The maximum absolute atomic E-state index is 12.9. The van der Waals surface area contributed by atoms with Crippen molar-refractivity contribution in [2.24, 2.45) is 0 Å². The molecule has 6 nitrogen and oxygen atoms in total. The molecule has 0 amide bonds. The molecule has 0 spiro atoms. The predicted octanol–water partition coefficient (Wildman–Crippen LogP) is 23.1. The standard InChI is InChI=1S/C71H128O6/c1-4-7-10-13-16-19-22-24-26-28-30-32-33-34-35-36-37-38-39-40-42-43-45-47-49-52-55-58-61-64-70(73)76-67-68(66-75-69(72)63-60-57-54-51-21-18-15-12-9-6-3)77-71(74)65-62-59-56-53-50-48-46-44-41-31-29-27-25-23-20-17-14-11-8-5-2/h7,10,12,15-16,19,24,26,30,32,68H,4-6,8-9,11,13-14,17-18,20-23,25,27-29,31,33-67H2,1-3H3/b10-7-,15-12-,19-16-,26-24-,32-30-. The molecule has 0 aromatic carbocycles. The molecule has 0 heterocycles. The molecular weight excluding hydrogens is 949 g/mol. The van der Waals surface area contributed by atoms with Gasteiger partial charge in [-0.05, 0) is 77.0 Å². The number of carbonyl (C=O) groups excluding carboxylic acids is 3. The number of unbranched alkanes of at least 4 members (excludes halogenated alkanes) is 41. The third-order valence-corrected chi connectivity index (χ3v) is 15.0. The van der Waals surface area contributed by atoms with Crippen LogP contribution in [0.25, 0.3) is 0 Å². The Hall–Kier alpha value is -2.89. The molecule has 0 aromatic heterocycles. The van der Waals surface area contributed by atoms with Gasteiger partial charge in [-0.1, -0.05) is 319 Å². The van der Waals surface area contributed by atoms with E-state index in [2.05, 4.69) is 81.5 Å². The Morgan fingerprint density at radius 3 is 0.857 bits per heavy atom. The van der Waals surface area contributed by atoms with Gasteiger partial charge in [0.1, 0.15) is 13.2 Å². The van der Waals surface area contributed by atoms with Crippen LogP contribution >= 0.6 is 0 Å². The minimum atomic E-state index is -0.774. The van der Waals surface area contributed by atoms with Crippen LogP contribution in [0.15, 0.2) is 60.8 Å². The van der Waals surface area contributed by atoms with Gasteiger partial charge in [0.05, 0.1) is 0 Å². The van der Waals surface area contributed by atoms with Gasteiger partial charge >= 0.3 is 17.9 Å². The molecule has 0 rings (SSSR count). The summed E-state index contributed by atoms with van der Waals surface area (Å²) in [6.07, 6.45) is 84.0. The highest BCUT2D eigenvalue weighted by Crippen LogP contribution is 2.18. The van der Waals surface area contributed by atoms with E-state index in [0.29, 0.717) is 19.3 Å². The minimum absolute atomic E-state index is 0.0719. The molecule has 0 fully saturated rings. The lowest BCUT2D eigenvalue weighted by atomic mass is 10.0. The summed E-state index contributed by atoms with van der Waals surface area (Å²) in [6.45, 7) is 6.52. The molecule has 0 radical (unpaired) electrons. The summed E-state index contributed by atoms with van der Waals surface area (Å²) in [6, 6.07) is 0. The molecule has 0 bridgehead atoms. The molecule has 77 heavy (non-hydrogen) atoms. The van der Waals surface area contributed by atoms with E-state index in [1.165, 1.54) is 218 Å². The number of esters is 3. The molecule has 448 valence electrons. The van der Waals surface area contributed by atoms with Crippen LogP contribution in [-0.4, -0.2) is 37.2 Å². The van der Waals surface area contributed by atoms with Crippen LogP contribution in [0.3, 0.4) is 0 Å². The Balaban J connectivity index is 4.14. The Morgan fingerprint density at radius 2 is 0.532 bits per heavy atom. The van der Waals surface area contributed by atoms with E-state index in [4.69, 9.17) is 14.2 Å². The second-order valence-corrected chi connectivity index (χ2v) is 22.7. The zero-order valence-electron chi connectivity index (χ0n) is 51.5. The third-order valence-electron chi connectivity index (χ3n) is 15.0. The summed E-state index contributed by atoms with van der Waals surface area (Å²) >= 11 is 0. The highest BCUT2D eigenvalue weighted by Gasteiger charge is 2.19. The van der Waals surface area contributed by atoms with Crippen molar-refractivity contribution in [2.75, 3.05) is 13.2 Å². The largest absolute Gasteiger partial charge is 0.462 e. The Morgan fingerprint density at radius 1 is 0.273 bits per heavy atom. The highest BCUT2D eigenvalue weighted by molar-refractivity contribution is 5.71. The van der Waals surface area contributed by atoms with Crippen LogP contribution in [0.1, 0.15) is 355 Å². The second kappa shape index (κ2) is 65.6. The van der Waals surface area contributed by atoms with Crippen molar-refractivity contribution in [3.63, 3.8) is 0 Å². The van der Waals surface area contributed by atoms with Gasteiger partial charge in [-0.15, -0.1) is 0 Å². The summed E-state index contributed by atoms with van der Waals surface area (Å²) in [7, 11) is 0. The van der Waals surface area contributed by atoms with Gasteiger partial charge in [0.2, 0.25) is 0 Å². The van der Waals surface area contributed by atoms with Crippen LogP contribution in [0.4, 0.5) is 0 Å². The van der Waals surface area contributed by atoms with Crippen LogP contribution in [0.2, 0.25) is 0 Å². The van der Waals surface area contributed by atoms with Crippen molar-refractivity contribution in [3.8, 4) is 0 Å². The molecule has 0 aliphatic carbocycles. The van der Waals surface area contributed by atoms with Gasteiger partial charge in [0.15, 0.2) is 6.10 Å². The van der Waals surface area contributed by atoms with Gasteiger partial charge in [0, 0.05) is 19.3 Å². The van der Waals surface area contributed by atoms with E-state index >= 15 is 0 Å². The zero-order valence-corrected chi connectivity index (χ0v) is 51.5. The van der Waals surface area contributed by atoms with E-state index in [9.17, 15) is 14.4 Å². The molecule has 1 atom stereocenters. The summed E-state index contributed by atoms with van der Waals surface area (Å²) in [4.78, 5) is 38.3. The monoisotopic (exact) mass is 1080 g/mol. The Labute approximate surface area is 479 Å². The summed E-state index contributed by atoms with van der Waals surface area (Å²) in [5, 5.41) is 0. The lowest BCUT2D eigenvalue weighted by Gasteiger charge is -2.18. The molecule has 6 heteroatoms. The van der Waals surface area contributed by atoms with E-state index in [0.717, 1.165) is 96.3 Å². The number of ether oxygens (including phenoxy) is 3. The molecule has 0 aliphatic heterocycles. The molecule has 0 saturated heterocycles. The number of allylic oxidation sites excluding steroid dienone is 10. The second-order valence-electron chi connectivity index (χ2n) is 22.7. The lowest BCUT2D eigenvalue weighted by Crippen LogP contribution is -2.30. The van der Waals surface area contributed by atoms with Crippen LogP contribution in [-0.2, 0) is 28.6 Å². The number of rotatable bonds is 62. The van der Waals surface area contributed by atoms with Crippen molar-refractivity contribution in [3.05, 3.63) is 60.8 Å². The van der Waals surface area contributed by atoms with Crippen molar-refractivity contribution >= 4 is 17.9 Å². The van der Waals surface area contributed by atoms with Crippen LogP contribution in [0.5, 0.6) is 0 Å². The van der Waals surface area contributed by atoms with Crippen LogP contribution < -0.4 is 0 Å². The predicted molar refractivity (Wildman–Crippen MR) is 335 cm³/mol. The minimum Gasteiger partial charge on any atom is -0.462 e. The molecule has 0 saturated carbocycles. The topological polar surface area (TPSA) is 78.9 Å². The van der Waals surface area contributed by atoms with Gasteiger partial charge < -0.3 is 14.2 Å². The first-order chi connectivity index (χ1) is 38.0. The first kappa shape index (κ1) is 74.1. The van der Waals surface area contributed by atoms with E-state index in [-0.39, 0.29) is 31.1 Å². The third kappa shape index (κ3) is 63.8. The maximum Gasteiger partial charge on any atom is 0.306 e.